The van der Waals surface area contributed by atoms with E-state index in [4.69, 9.17) is 27.7 Å². The number of nitrogens with zero attached hydrogens (tertiary/aromatic N) is 1. The van der Waals surface area contributed by atoms with E-state index in [2.05, 4.69) is 19.1 Å². The molecule has 0 aliphatic carbocycles. The summed E-state index contributed by atoms with van der Waals surface area (Å²) in [5.74, 6) is 1.06. The van der Waals surface area contributed by atoms with Gasteiger partial charge in [0.2, 0.25) is 0 Å². The van der Waals surface area contributed by atoms with Crippen molar-refractivity contribution in [3.8, 4) is 5.75 Å². The fourth-order valence-corrected chi connectivity index (χ4v) is 2.42. The molecular weight excluding hydrogens is 349 g/mol. The van der Waals surface area contributed by atoms with E-state index in [1.165, 1.54) is 9.98 Å². The second-order valence-electron chi connectivity index (χ2n) is 5.16. The standard InChI is InChI=1S/C9H10O.C8H10ClN3.ClH.H2O/c1-7-5-8-3-2-4-9(6-8)10-7;9-12(6-8(10)11)7-4-2-1-3-5-7;;/h2-4,6-7H,5H2,1H3;1-5H,6H2,(H3,10,11);1H;1H2. The molecule has 1 aliphatic heterocycles. The molecule has 0 radical (unpaired) electrons. The molecule has 0 saturated heterocycles. The van der Waals surface area contributed by atoms with Crippen LogP contribution in [0.15, 0.2) is 54.6 Å². The van der Waals surface area contributed by atoms with E-state index in [9.17, 15) is 0 Å². The van der Waals surface area contributed by atoms with E-state index >= 15 is 0 Å². The van der Waals surface area contributed by atoms with Crippen LogP contribution in [-0.4, -0.2) is 24.0 Å². The minimum Gasteiger partial charge on any atom is -0.490 e. The molecule has 3 rings (SSSR count). The lowest BCUT2D eigenvalue weighted by Gasteiger charge is -2.20. The van der Waals surface area contributed by atoms with Gasteiger partial charge in [-0.3, -0.25) is 9.83 Å². The lowest BCUT2D eigenvalue weighted by atomic mass is 10.1. The van der Waals surface area contributed by atoms with Crippen LogP contribution in [0.1, 0.15) is 12.5 Å². The zero-order valence-corrected chi connectivity index (χ0v) is 15.0. The summed E-state index contributed by atoms with van der Waals surface area (Å²) in [4.78, 5) is 0. The lowest BCUT2D eigenvalue weighted by molar-refractivity contribution is 0.212. The Hall–Kier alpha value is -1.95. The molecule has 132 valence electrons. The van der Waals surface area contributed by atoms with Crippen molar-refractivity contribution in [2.75, 3.05) is 11.0 Å². The molecule has 7 heteroatoms. The van der Waals surface area contributed by atoms with Crippen LogP contribution in [0.5, 0.6) is 5.75 Å². The van der Waals surface area contributed by atoms with Gasteiger partial charge in [-0.2, -0.15) is 0 Å². The Balaban J connectivity index is 0.000000411. The number of nitrogens with two attached hydrogens (primary N) is 1. The van der Waals surface area contributed by atoms with Crippen molar-refractivity contribution in [1.82, 2.24) is 0 Å². The minimum absolute atomic E-state index is 0. The number of para-hydroxylation sites is 1. The second kappa shape index (κ2) is 10.8. The van der Waals surface area contributed by atoms with Gasteiger partial charge in [-0.1, -0.05) is 30.3 Å². The highest BCUT2D eigenvalue weighted by Crippen LogP contribution is 2.21. The largest absolute Gasteiger partial charge is 0.490 e. The summed E-state index contributed by atoms with van der Waals surface area (Å²) in [6, 6.07) is 17.7. The number of benzene rings is 2. The third-order valence-corrected chi connectivity index (χ3v) is 3.42. The van der Waals surface area contributed by atoms with Gasteiger partial charge in [0, 0.05) is 18.2 Å². The summed E-state index contributed by atoms with van der Waals surface area (Å²) < 4.78 is 6.90. The van der Waals surface area contributed by atoms with Crippen LogP contribution in [-0.2, 0) is 6.42 Å². The zero-order chi connectivity index (χ0) is 15.9. The van der Waals surface area contributed by atoms with Crippen LogP contribution in [0.4, 0.5) is 5.69 Å². The number of nitrogens with one attached hydrogen (secondary N) is 1. The van der Waals surface area contributed by atoms with Crippen LogP contribution >= 0.6 is 24.2 Å². The van der Waals surface area contributed by atoms with Gasteiger partial charge in [-0.05, 0) is 36.8 Å². The van der Waals surface area contributed by atoms with Crippen LogP contribution in [0.2, 0.25) is 0 Å². The Bertz CT molecular complexity index is 605. The summed E-state index contributed by atoms with van der Waals surface area (Å²) >= 11 is 5.81. The SMILES string of the molecule is CC1Cc2cccc(c2)O1.Cl.N=C(N)CN(Cl)c1ccccc1.O. The van der Waals surface area contributed by atoms with Gasteiger partial charge in [-0.15, -0.1) is 12.4 Å². The normalized spacial score (nSPS) is 13.8. The van der Waals surface area contributed by atoms with Crippen LogP contribution in [0.25, 0.3) is 0 Å². The number of rotatable bonds is 3. The second-order valence-corrected chi connectivity index (χ2v) is 5.57. The monoisotopic (exact) mass is 371 g/mol. The smallest absolute Gasteiger partial charge is 0.119 e. The van der Waals surface area contributed by atoms with Crippen molar-refractivity contribution in [3.05, 3.63) is 60.2 Å². The molecule has 5 N–H and O–H groups in total. The number of ether oxygens (including phenoxy) is 1. The van der Waals surface area contributed by atoms with Gasteiger partial charge in [-0.25, -0.2) is 0 Å². The molecule has 2 aromatic rings. The summed E-state index contributed by atoms with van der Waals surface area (Å²) in [5, 5.41) is 7.03. The molecule has 1 heterocycles. The molecule has 1 unspecified atom stereocenters. The van der Waals surface area contributed by atoms with Gasteiger partial charge < -0.3 is 15.9 Å². The molecule has 5 nitrogen and oxygen atoms in total. The molecule has 1 atom stereocenters. The van der Waals surface area contributed by atoms with Gasteiger partial charge in [0.1, 0.15) is 11.6 Å². The van der Waals surface area contributed by atoms with Crippen molar-refractivity contribution in [2.45, 2.75) is 19.4 Å². The Morgan fingerprint density at radius 2 is 1.92 bits per heavy atom. The van der Waals surface area contributed by atoms with Crippen molar-refractivity contribution in [3.63, 3.8) is 0 Å². The van der Waals surface area contributed by atoms with E-state index in [1.54, 1.807) is 0 Å². The number of hydrogen-bond donors (Lipinski definition) is 2. The molecule has 1 aliphatic rings. The summed E-state index contributed by atoms with van der Waals surface area (Å²) in [7, 11) is 0. The van der Waals surface area contributed by atoms with Gasteiger partial charge in [0.25, 0.3) is 0 Å². The first-order valence-corrected chi connectivity index (χ1v) is 7.45. The topological polar surface area (TPSA) is 93.8 Å². The van der Waals surface area contributed by atoms with Crippen molar-refractivity contribution < 1.29 is 10.2 Å². The van der Waals surface area contributed by atoms with Crippen molar-refractivity contribution in [2.24, 2.45) is 5.73 Å². The van der Waals surface area contributed by atoms with Crippen molar-refractivity contribution >= 4 is 35.7 Å². The number of hydrogen-bond acceptors (Lipinski definition) is 3. The fourth-order valence-electron chi connectivity index (χ4n) is 2.18. The highest BCUT2D eigenvalue weighted by molar-refractivity contribution is 6.27. The first-order valence-electron chi connectivity index (χ1n) is 7.11. The van der Waals surface area contributed by atoms with Gasteiger partial charge in [0.15, 0.2) is 0 Å². The number of halogens is 2. The van der Waals surface area contributed by atoms with Gasteiger partial charge >= 0.3 is 0 Å². The molecule has 2 aromatic carbocycles. The predicted molar refractivity (Wildman–Crippen MR) is 103 cm³/mol. The van der Waals surface area contributed by atoms with E-state index in [0.29, 0.717) is 6.10 Å². The first kappa shape index (κ1) is 22.1. The molecular formula is C17H23Cl2N3O2. The third-order valence-electron chi connectivity index (χ3n) is 3.10. The Morgan fingerprint density at radius 3 is 2.50 bits per heavy atom. The maximum absolute atomic E-state index is 7.03. The van der Waals surface area contributed by atoms with E-state index in [-0.39, 0.29) is 30.3 Å². The third kappa shape index (κ3) is 7.08. The molecule has 0 amide bonds. The number of amidine groups is 1. The number of anilines is 1. The number of fused-ring (bicyclic) bond motifs is 2. The van der Waals surface area contributed by atoms with E-state index in [0.717, 1.165) is 17.9 Å². The quantitative estimate of drug-likeness (QED) is 0.492. The molecule has 0 spiro atoms. The summed E-state index contributed by atoms with van der Waals surface area (Å²) in [6.07, 6.45) is 1.41. The highest BCUT2D eigenvalue weighted by Gasteiger charge is 2.11. The van der Waals surface area contributed by atoms with Crippen molar-refractivity contribution in [1.29, 1.82) is 5.41 Å². The average Bonchev–Trinajstić information content (AvgIpc) is 2.47. The Kier molecular flexibility index (Phi) is 9.88. The molecule has 0 fully saturated rings. The Morgan fingerprint density at radius 1 is 1.25 bits per heavy atom. The molecule has 0 saturated carbocycles. The lowest BCUT2D eigenvalue weighted by Crippen LogP contribution is -2.26. The highest BCUT2D eigenvalue weighted by atomic mass is 35.5. The molecule has 2 bridgehead atoms. The predicted octanol–water partition coefficient (Wildman–Crippen LogP) is 3.19. The van der Waals surface area contributed by atoms with Crippen LogP contribution < -0.4 is 14.9 Å². The average molecular weight is 372 g/mol. The van der Waals surface area contributed by atoms with E-state index < -0.39 is 0 Å². The minimum atomic E-state index is 0. The Labute approximate surface area is 153 Å². The maximum Gasteiger partial charge on any atom is 0.119 e. The first-order chi connectivity index (χ1) is 10.5. The summed E-state index contributed by atoms with van der Waals surface area (Å²) in [5.41, 5.74) is 7.42. The van der Waals surface area contributed by atoms with Crippen LogP contribution in [0, 0.1) is 5.41 Å². The molecule has 24 heavy (non-hydrogen) atoms. The zero-order valence-electron chi connectivity index (χ0n) is 13.4. The summed E-state index contributed by atoms with van der Waals surface area (Å²) in [6.45, 7) is 2.34. The van der Waals surface area contributed by atoms with Gasteiger partial charge in [0.05, 0.1) is 18.3 Å². The van der Waals surface area contributed by atoms with E-state index in [1.807, 2.05) is 42.5 Å². The maximum atomic E-state index is 7.03. The molecule has 0 aromatic heterocycles. The van der Waals surface area contributed by atoms with Crippen LogP contribution in [0.3, 0.4) is 0 Å². The fraction of sp³-hybridized carbons (Fsp3) is 0.235.